The van der Waals surface area contributed by atoms with Gasteiger partial charge in [0.15, 0.2) is 5.58 Å². The number of sulfonamides is 1. The van der Waals surface area contributed by atoms with E-state index in [-0.39, 0.29) is 23.6 Å². The fourth-order valence-corrected chi connectivity index (χ4v) is 3.98. The van der Waals surface area contributed by atoms with E-state index in [1.807, 2.05) is 26.0 Å². The Morgan fingerprint density at radius 1 is 1.18 bits per heavy atom. The van der Waals surface area contributed by atoms with Crippen molar-refractivity contribution in [3.05, 3.63) is 58.1 Å². The third-order valence-corrected chi connectivity index (χ3v) is 5.53. The number of rotatable bonds is 6. The molecule has 0 saturated heterocycles. The van der Waals surface area contributed by atoms with Crippen LogP contribution in [0.5, 0.6) is 0 Å². The number of nitrogens with zero attached hydrogens (tertiary/aromatic N) is 1. The zero-order valence-corrected chi connectivity index (χ0v) is 16.5. The minimum Gasteiger partial charge on any atom is -0.465 e. The summed E-state index contributed by atoms with van der Waals surface area (Å²) in [4.78, 5) is 23.6. The van der Waals surface area contributed by atoms with Crippen molar-refractivity contribution < 1.29 is 22.4 Å². The Hall–Kier alpha value is -3.07. The van der Waals surface area contributed by atoms with Crippen molar-refractivity contribution >= 4 is 32.8 Å². The summed E-state index contributed by atoms with van der Waals surface area (Å²) >= 11 is 0. The standard InChI is InChI=1S/C19H20N2O6S/c1-4-26-18(22)11-21-16-8-6-14(10-17(16)27-19(21)23)28(24,25)20-15-7-5-12(2)9-13(15)3/h5-10,20H,4,11H2,1-3H3. The average Bonchev–Trinajstić information content (AvgIpc) is 2.92. The molecule has 1 aromatic heterocycles. The van der Waals surface area contributed by atoms with Gasteiger partial charge in [-0.1, -0.05) is 17.7 Å². The lowest BCUT2D eigenvalue weighted by Gasteiger charge is -2.11. The first-order chi connectivity index (χ1) is 13.2. The van der Waals surface area contributed by atoms with Gasteiger partial charge in [-0.05, 0) is 44.5 Å². The number of ether oxygens (including phenoxy) is 1. The molecule has 0 aliphatic heterocycles. The molecule has 0 bridgehead atoms. The van der Waals surface area contributed by atoms with Crippen LogP contribution >= 0.6 is 0 Å². The lowest BCUT2D eigenvalue weighted by molar-refractivity contribution is -0.143. The molecule has 8 nitrogen and oxygen atoms in total. The minimum absolute atomic E-state index is 0.0583. The minimum atomic E-state index is -3.89. The lowest BCUT2D eigenvalue weighted by atomic mass is 10.1. The number of oxazole rings is 1. The Morgan fingerprint density at radius 3 is 2.61 bits per heavy atom. The fourth-order valence-electron chi connectivity index (χ4n) is 2.83. The van der Waals surface area contributed by atoms with Crippen LogP contribution in [0.2, 0.25) is 0 Å². The number of benzene rings is 2. The summed E-state index contributed by atoms with van der Waals surface area (Å²) in [6, 6.07) is 9.40. The number of esters is 1. The molecule has 0 amide bonds. The van der Waals surface area contributed by atoms with Gasteiger partial charge in [0.05, 0.1) is 22.7 Å². The molecule has 0 aliphatic carbocycles. The molecule has 9 heteroatoms. The second-order valence-electron chi connectivity index (χ2n) is 6.31. The number of hydrogen-bond acceptors (Lipinski definition) is 6. The Labute approximate surface area is 161 Å². The van der Waals surface area contributed by atoms with Gasteiger partial charge in [-0.3, -0.25) is 14.1 Å². The van der Waals surface area contributed by atoms with Gasteiger partial charge in [0.25, 0.3) is 10.0 Å². The molecule has 1 N–H and O–H groups in total. The average molecular weight is 404 g/mol. The Bertz CT molecular complexity index is 1210. The normalized spacial score (nSPS) is 11.5. The van der Waals surface area contributed by atoms with Crippen molar-refractivity contribution in [3.63, 3.8) is 0 Å². The van der Waals surface area contributed by atoms with E-state index < -0.39 is 21.7 Å². The maximum Gasteiger partial charge on any atom is 0.420 e. The van der Waals surface area contributed by atoms with Crippen LogP contribution in [0.1, 0.15) is 18.1 Å². The van der Waals surface area contributed by atoms with Crippen LogP contribution in [0.15, 0.2) is 50.5 Å². The van der Waals surface area contributed by atoms with Gasteiger partial charge in [0.1, 0.15) is 6.54 Å². The number of aryl methyl sites for hydroxylation is 2. The molecule has 28 heavy (non-hydrogen) atoms. The second kappa shape index (κ2) is 7.51. The Kier molecular flexibility index (Phi) is 5.28. The van der Waals surface area contributed by atoms with E-state index in [1.54, 1.807) is 13.0 Å². The molecular weight excluding hydrogens is 384 g/mol. The van der Waals surface area contributed by atoms with Crippen LogP contribution in [0, 0.1) is 13.8 Å². The largest absolute Gasteiger partial charge is 0.465 e. The summed E-state index contributed by atoms with van der Waals surface area (Å²) in [5, 5.41) is 0. The quantitative estimate of drug-likeness (QED) is 0.633. The monoisotopic (exact) mass is 404 g/mol. The van der Waals surface area contributed by atoms with E-state index in [1.165, 1.54) is 18.2 Å². The summed E-state index contributed by atoms with van der Waals surface area (Å²) in [5.41, 5.74) is 2.65. The maximum atomic E-state index is 12.7. The first kappa shape index (κ1) is 19.7. The van der Waals surface area contributed by atoms with E-state index in [4.69, 9.17) is 9.15 Å². The molecule has 1 heterocycles. The first-order valence-corrected chi connectivity index (χ1v) is 10.1. The van der Waals surface area contributed by atoms with E-state index >= 15 is 0 Å². The smallest absolute Gasteiger partial charge is 0.420 e. The molecule has 0 unspecified atom stereocenters. The molecule has 0 spiro atoms. The van der Waals surface area contributed by atoms with Gasteiger partial charge < -0.3 is 9.15 Å². The zero-order chi connectivity index (χ0) is 20.5. The lowest BCUT2D eigenvalue weighted by Crippen LogP contribution is -2.21. The Balaban J connectivity index is 1.95. The van der Waals surface area contributed by atoms with Crippen LogP contribution < -0.4 is 10.5 Å². The van der Waals surface area contributed by atoms with E-state index in [0.717, 1.165) is 15.7 Å². The molecule has 148 valence electrons. The molecule has 2 aromatic carbocycles. The van der Waals surface area contributed by atoms with Gasteiger partial charge >= 0.3 is 11.7 Å². The van der Waals surface area contributed by atoms with Crippen molar-refractivity contribution in [2.75, 3.05) is 11.3 Å². The number of nitrogens with one attached hydrogen (secondary N) is 1. The molecule has 0 atom stereocenters. The van der Waals surface area contributed by atoms with Crippen LogP contribution in [-0.4, -0.2) is 25.6 Å². The summed E-state index contributed by atoms with van der Waals surface area (Å²) in [7, 11) is -3.89. The van der Waals surface area contributed by atoms with E-state index in [9.17, 15) is 18.0 Å². The SMILES string of the molecule is CCOC(=O)Cn1c(=O)oc2cc(S(=O)(=O)Nc3ccc(C)cc3C)ccc21. The van der Waals surface area contributed by atoms with E-state index in [0.29, 0.717) is 11.2 Å². The van der Waals surface area contributed by atoms with Crippen molar-refractivity contribution in [2.24, 2.45) is 0 Å². The Morgan fingerprint density at radius 2 is 1.93 bits per heavy atom. The van der Waals surface area contributed by atoms with Crippen LogP contribution in [-0.2, 0) is 26.1 Å². The van der Waals surface area contributed by atoms with Gasteiger partial charge in [-0.15, -0.1) is 0 Å². The summed E-state index contributed by atoms with van der Waals surface area (Å²) in [6.45, 7) is 5.27. The summed E-state index contributed by atoms with van der Waals surface area (Å²) < 4.78 is 39.0. The zero-order valence-electron chi connectivity index (χ0n) is 15.7. The maximum absolute atomic E-state index is 12.7. The molecule has 0 fully saturated rings. The van der Waals surface area contributed by atoms with Crippen LogP contribution in [0.4, 0.5) is 5.69 Å². The van der Waals surface area contributed by atoms with Crippen molar-refractivity contribution in [1.29, 1.82) is 0 Å². The van der Waals surface area contributed by atoms with E-state index in [2.05, 4.69) is 4.72 Å². The number of anilines is 1. The highest BCUT2D eigenvalue weighted by atomic mass is 32.2. The topological polar surface area (TPSA) is 108 Å². The number of fused-ring (bicyclic) bond motifs is 1. The third-order valence-electron chi connectivity index (χ3n) is 4.17. The highest BCUT2D eigenvalue weighted by Gasteiger charge is 2.19. The van der Waals surface area contributed by atoms with Gasteiger partial charge in [0.2, 0.25) is 0 Å². The second-order valence-corrected chi connectivity index (χ2v) is 7.99. The first-order valence-electron chi connectivity index (χ1n) is 8.60. The van der Waals surface area contributed by atoms with Gasteiger partial charge in [-0.2, -0.15) is 0 Å². The number of carbonyl (C=O) groups is 1. The van der Waals surface area contributed by atoms with Crippen LogP contribution in [0.3, 0.4) is 0 Å². The molecule has 0 aliphatic rings. The summed E-state index contributed by atoms with van der Waals surface area (Å²) in [5.74, 6) is -1.35. The van der Waals surface area contributed by atoms with Gasteiger partial charge in [-0.25, -0.2) is 13.2 Å². The number of aromatic nitrogens is 1. The highest BCUT2D eigenvalue weighted by Crippen LogP contribution is 2.23. The molecule has 0 radical (unpaired) electrons. The van der Waals surface area contributed by atoms with Crippen LogP contribution in [0.25, 0.3) is 11.1 Å². The van der Waals surface area contributed by atoms with Gasteiger partial charge in [0, 0.05) is 6.07 Å². The third kappa shape index (κ3) is 3.94. The fraction of sp³-hybridized carbons (Fsp3) is 0.263. The number of hydrogen-bond donors (Lipinski definition) is 1. The highest BCUT2D eigenvalue weighted by molar-refractivity contribution is 7.92. The number of carbonyl (C=O) groups excluding carboxylic acids is 1. The summed E-state index contributed by atoms with van der Waals surface area (Å²) in [6.07, 6.45) is 0. The molecule has 3 rings (SSSR count). The van der Waals surface area contributed by atoms with Crippen molar-refractivity contribution in [3.8, 4) is 0 Å². The molecule has 0 saturated carbocycles. The molecular formula is C19H20N2O6S. The molecule has 3 aromatic rings. The van der Waals surface area contributed by atoms with Crippen molar-refractivity contribution in [1.82, 2.24) is 4.57 Å². The van der Waals surface area contributed by atoms with Crippen molar-refractivity contribution in [2.45, 2.75) is 32.2 Å². The predicted octanol–water partition coefficient (Wildman–Crippen LogP) is 2.58. The predicted molar refractivity (Wildman–Crippen MR) is 104 cm³/mol.